The van der Waals surface area contributed by atoms with Gasteiger partial charge in [-0.05, 0) is 31.0 Å². The number of ether oxygens (including phenoxy) is 1. The summed E-state index contributed by atoms with van der Waals surface area (Å²) in [6, 6.07) is 6.56. The average molecular weight is 442 g/mol. The summed E-state index contributed by atoms with van der Waals surface area (Å²) in [5.41, 5.74) is 1.10. The number of benzene rings is 1. The second-order valence-corrected chi connectivity index (χ2v) is 8.00. The molecule has 4 rings (SSSR count). The number of carbonyl (C=O) groups excluding carboxylic acids is 1. The highest BCUT2D eigenvalue weighted by Gasteiger charge is 2.29. The molecule has 0 unspecified atom stereocenters. The Balaban J connectivity index is 1.49. The van der Waals surface area contributed by atoms with Gasteiger partial charge < -0.3 is 14.1 Å². The third kappa shape index (κ3) is 4.58. The van der Waals surface area contributed by atoms with Gasteiger partial charge in [0.05, 0.1) is 5.56 Å². The number of aryl methyl sites for hydroxylation is 2. The van der Waals surface area contributed by atoms with E-state index in [1.165, 1.54) is 23.0 Å². The van der Waals surface area contributed by atoms with Crippen LogP contribution in [0.3, 0.4) is 0 Å². The largest absolute Gasteiger partial charge is 0.442 e. The van der Waals surface area contributed by atoms with E-state index in [0.29, 0.717) is 58.1 Å². The lowest BCUT2D eigenvalue weighted by Gasteiger charge is -2.34. The van der Waals surface area contributed by atoms with Crippen LogP contribution in [0.25, 0.3) is 11.1 Å². The predicted molar refractivity (Wildman–Crippen MR) is 117 cm³/mol. The quantitative estimate of drug-likeness (QED) is 0.523. The molecule has 0 radical (unpaired) electrons. The molecule has 1 aliphatic heterocycles. The van der Waals surface area contributed by atoms with Gasteiger partial charge in [0.2, 0.25) is 5.71 Å². The van der Waals surface area contributed by atoms with E-state index in [0.717, 1.165) is 5.56 Å². The number of furan rings is 1. The summed E-state index contributed by atoms with van der Waals surface area (Å²) >= 11 is 0. The van der Waals surface area contributed by atoms with Crippen LogP contribution in [-0.4, -0.2) is 65.2 Å². The van der Waals surface area contributed by atoms with Gasteiger partial charge in [-0.1, -0.05) is 12.1 Å². The van der Waals surface area contributed by atoms with Crippen LogP contribution in [0.2, 0.25) is 0 Å². The zero-order valence-electron chi connectivity index (χ0n) is 18.3. The first-order chi connectivity index (χ1) is 15.5. The van der Waals surface area contributed by atoms with Crippen molar-refractivity contribution in [3.8, 4) is 0 Å². The maximum atomic E-state index is 13.4. The molecule has 0 aliphatic carbocycles. The number of hydrogen-bond acceptors (Lipinski definition) is 6. The smallest absolute Gasteiger partial charge is 0.265 e. The van der Waals surface area contributed by atoms with Crippen molar-refractivity contribution in [1.29, 1.82) is 0 Å². The van der Waals surface area contributed by atoms with Crippen molar-refractivity contribution >= 4 is 17.0 Å². The van der Waals surface area contributed by atoms with E-state index in [4.69, 9.17) is 9.15 Å². The fourth-order valence-electron chi connectivity index (χ4n) is 4.09. The SMILES string of the molecule is COCCCn1cnc2oc(C)c(C(=O)N3CCN(Cc4cccc(F)c4)CC3)c2c1=O. The maximum Gasteiger partial charge on any atom is 0.265 e. The molecular formula is C23H27FN4O4. The zero-order chi connectivity index (χ0) is 22.7. The summed E-state index contributed by atoms with van der Waals surface area (Å²) in [4.78, 5) is 34.5. The zero-order valence-corrected chi connectivity index (χ0v) is 18.3. The minimum Gasteiger partial charge on any atom is -0.442 e. The molecule has 0 atom stereocenters. The fraction of sp³-hybridized carbons (Fsp3) is 0.435. The molecule has 3 aromatic rings. The Morgan fingerprint density at radius 1 is 1.25 bits per heavy atom. The highest BCUT2D eigenvalue weighted by Crippen LogP contribution is 2.23. The molecule has 1 fully saturated rings. The number of hydrogen-bond donors (Lipinski definition) is 0. The van der Waals surface area contributed by atoms with Gasteiger partial charge in [-0.2, -0.15) is 0 Å². The van der Waals surface area contributed by atoms with Gasteiger partial charge in [0, 0.05) is 53.0 Å². The molecule has 8 nitrogen and oxygen atoms in total. The van der Waals surface area contributed by atoms with E-state index >= 15 is 0 Å². The lowest BCUT2D eigenvalue weighted by molar-refractivity contribution is 0.0628. The molecule has 1 saturated heterocycles. The molecule has 2 aromatic heterocycles. The van der Waals surface area contributed by atoms with Crippen LogP contribution in [0.5, 0.6) is 0 Å². The highest BCUT2D eigenvalue weighted by atomic mass is 19.1. The van der Waals surface area contributed by atoms with Crippen LogP contribution in [0.4, 0.5) is 4.39 Å². The number of fused-ring (bicyclic) bond motifs is 1. The number of piperazine rings is 1. The van der Waals surface area contributed by atoms with Gasteiger partial charge in [-0.3, -0.25) is 19.1 Å². The van der Waals surface area contributed by atoms with Crippen LogP contribution in [0.1, 0.15) is 28.1 Å². The monoisotopic (exact) mass is 442 g/mol. The molecule has 0 spiro atoms. The summed E-state index contributed by atoms with van der Waals surface area (Å²) in [7, 11) is 1.61. The minimum atomic E-state index is -0.281. The van der Waals surface area contributed by atoms with Crippen LogP contribution in [0, 0.1) is 12.7 Å². The third-order valence-corrected chi connectivity index (χ3v) is 5.77. The van der Waals surface area contributed by atoms with Crippen molar-refractivity contribution in [3.05, 3.63) is 63.7 Å². The number of aromatic nitrogens is 2. The standard InChI is InChI=1S/C23H27FN4O4/c1-16-19(20-21(32-16)25-15-28(23(20)30)7-4-12-31-2)22(29)27-10-8-26(9-11-27)14-17-5-3-6-18(24)13-17/h3,5-6,13,15H,4,7-12,14H2,1-2H3. The molecule has 170 valence electrons. The Morgan fingerprint density at radius 3 is 2.75 bits per heavy atom. The molecule has 1 amide bonds. The Labute approximate surface area is 185 Å². The average Bonchev–Trinajstić information content (AvgIpc) is 3.12. The molecule has 1 aromatic carbocycles. The van der Waals surface area contributed by atoms with Crippen LogP contribution < -0.4 is 5.56 Å². The van der Waals surface area contributed by atoms with Gasteiger partial charge in [0.25, 0.3) is 11.5 Å². The van der Waals surface area contributed by atoms with Crippen molar-refractivity contribution in [2.75, 3.05) is 39.9 Å². The van der Waals surface area contributed by atoms with Gasteiger partial charge in [-0.15, -0.1) is 0 Å². The summed E-state index contributed by atoms with van der Waals surface area (Å²) in [5.74, 6) is -0.0771. The normalized spacial score (nSPS) is 14.9. The Hall–Kier alpha value is -3.04. The molecule has 3 heterocycles. The number of amides is 1. The second kappa shape index (κ2) is 9.62. The van der Waals surface area contributed by atoms with E-state index in [1.54, 1.807) is 25.0 Å². The number of nitrogens with zero attached hydrogens (tertiary/aromatic N) is 4. The molecule has 0 N–H and O–H groups in total. The Morgan fingerprint density at radius 2 is 2.03 bits per heavy atom. The van der Waals surface area contributed by atoms with Crippen molar-refractivity contribution < 1.29 is 18.3 Å². The topological polar surface area (TPSA) is 80.8 Å². The van der Waals surface area contributed by atoms with Gasteiger partial charge in [0.15, 0.2) is 0 Å². The van der Waals surface area contributed by atoms with Crippen molar-refractivity contribution in [3.63, 3.8) is 0 Å². The summed E-state index contributed by atoms with van der Waals surface area (Å²) in [6.45, 7) is 5.65. The molecule has 0 bridgehead atoms. The molecular weight excluding hydrogens is 415 g/mol. The number of rotatable bonds is 7. The molecule has 1 aliphatic rings. The van der Waals surface area contributed by atoms with Crippen LogP contribution >= 0.6 is 0 Å². The van der Waals surface area contributed by atoms with Gasteiger partial charge in [-0.25, -0.2) is 9.37 Å². The van der Waals surface area contributed by atoms with Crippen molar-refractivity contribution in [2.45, 2.75) is 26.4 Å². The maximum absolute atomic E-state index is 13.4. The van der Waals surface area contributed by atoms with E-state index in [9.17, 15) is 14.0 Å². The molecule has 32 heavy (non-hydrogen) atoms. The molecule has 9 heteroatoms. The first-order valence-electron chi connectivity index (χ1n) is 10.7. The van der Waals surface area contributed by atoms with Gasteiger partial charge in [0.1, 0.15) is 23.3 Å². The van der Waals surface area contributed by atoms with E-state index in [1.807, 2.05) is 6.07 Å². The lowest BCUT2D eigenvalue weighted by Crippen LogP contribution is -2.48. The van der Waals surface area contributed by atoms with Crippen molar-refractivity contribution in [1.82, 2.24) is 19.4 Å². The number of halogens is 1. The highest BCUT2D eigenvalue weighted by molar-refractivity contribution is 6.06. The first kappa shape index (κ1) is 22.2. The summed E-state index contributed by atoms with van der Waals surface area (Å²) in [6.07, 6.45) is 2.11. The third-order valence-electron chi connectivity index (χ3n) is 5.77. The number of methoxy groups -OCH3 is 1. The van der Waals surface area contributed by atoms with E-state index < -0.39 is 0 Å². The number of carbonyl (C=O) groups is 1. The molecule has 0 saturated carbocycles. The summed E-state index contributed by atoms with van der Waals surface area (Å²) in [5, 5.41) is 0.231. The van der Waals surface area contributed by atoms with Crippen LogP contribution in [0.15, 0.2) is 39.8 Å². The first-order valence-corrected chi connectivity index (χ1v) is 10.7. The van der Waals surface area contributed by atoms with E-state index in [2.05, 4.69) is 9.88 Å². The van der Waals surface area contributed by atoms with E-state index in [-0.39, 0.29) is 33.9 Å². The van der Waals surface area contributed by atoms with Crippen LogP contribution in [-0.2, 0) is 17.8 Å². The lowest BCUT2D eigenvalue weighted by atomic mass is 10.1. The summed E-state index contributed by atoms with van der Waals surface area (Å²) < 4.78 is 25.6. The fourth-order valence-corrected chi connectivity index (χ4v) is 4.09. The minimum absolute atomic E-state index is 0.184. The predicted octanol–water partition coefficient (Wildman–Crippen LogP) is 2.43. The van der Waals surface area contributed by atoms with Gasteiger partial charge >= 0.3 is 0 Å². The van der Waals surface area contributed by atoms with Crippen molar-refractivity contribution in [2.24, 2.45) is 0 Å². The second-order valence-electron chi connectivity index (χ2n) is 8.00. The Kier molecular flexibility index (Phi) is 6.66. The Bertz CT molecular complexity index is 1160.